The van der Waals surface area contributed by atoms with Crippen molar-refractivity contribution in [2.24, 2.45) is 5.92 Å². The first-order valence-corrected chi connectivity index (χ1v) is 5.69. The molecule has 0 saturated heterocycles. The third-order valence-corrected chi connectivity index (χ3v) is 2.91. The van der Waals surface area contributed by atoms with Crippen molar-refractivity contribution in [1.29, 1.82) is 0 Å². The molecule has 4 heteroatoms. The maximum atomic E-state index is 10.0. The number of aromatic amines is 1. The van der Waals surface area contributed by atoms with Crippen molar-refractivity contribution in [1.82, 2.24) is 9.97 Å². The quantitative estimate of drug-likeness (QED) is 0.880. The fraction of sp³-hybridized carbons (Fsp3) is 0.364. The Bertz CT molecular complexity index is 478. The molecular formula is C11H13BrN2O. The van der Waals surface area contributed by atoms with E-state index >= 15 is 0 Å². The topological polar surface area (TPSA) is 48.9 Å². The van der Waals surface area contributed by atoms with Gasteiger partial charge < -0.3 is 10.1 Å². The second-order valence-corrected chi connectivity index (χ2v) is 4.90. The van der Waals surface area contributed by atoms with E-state index in [0.29, 0.717) is 0 Å². The van der Waals surface area contributed by atoms with E-state index in [1.807, 2.05) is 26.1 Å². The third-order valence-electron chi connectivity index (χ3n) is 2.48. The highest BCUT2D eigenvalue weighted by Gasteiger charge is 2.16. The highest BCUT2D eigenvalue weighted by molar-refractivity contribution is 9.10. The standard InChI is InChI=1S/C11H13BrN2O/c1-6(2)10(15)9-5-14-11-8(9)3-7(12)4-13-11/h3-6,10,15H,1-2H3,(H,13,14). The molecule has 0 radical (unpaired) electrons. The Hall–Kier alpha value is -0.870. The number of aliphatic hydroxyl groups excluding tert-OH is 1. The monoisotopic (exact) mass is 268 g/mol. The molecule has 1 atom stereocenters. The van der Waals surface area contributed by atoms with E-state index in [9.17, 15) is 5.11 Å². The summed E-state index contributed by atoms with van der Waals surface area (Å²) in [5.41, 5.74) is 1.72. The summed E-state index contributed by atoms with van der Waals surface area (Å²) < 4.78 is 0.923. The van der Waals surface area contributed by atoms with Crippen molar-refractivity contribution >= 4 is 27.0 Å². The van der Waals surface area contributed by atoms with Gasteiger partial charge in [-0.1, -0.05) is 13.8 Å². The lowest BCUT2D eigenvalue weighted by Crippen LogP contribution is -2.04. The second-order valence-electron chi connectivity index (χ2n) is 3.98. The Morgan fingerprint density at radius 1 is 1.47 bits per heavy atom. The number of hydrogen-bond donors (Lipinski definition) is 2. The number of aliphatic hydroxyl groups is 1. The summed E-state index contributed by atoms with van der Waals surface area (Å²) in [5.74, 6) is 0.197. The van der Waals surface area contributed by atoms with Gasteiger partial charge >= 0.3 is 0 Å². The average molecular weight is 269 g/mol. The van der Waals surface area contributed by atoms with Crippen molar-refractivity contribution in [3.63, 3.8) is 0 Å². The minimum Gasteiger partial charge on any atom is -0.388 e. The molecule has 2 heterocycles. The molecule has 2 rings (SSSR count). The lowest BCUT2D eigenvalue weighted by Gasteiger charge is -2.13. The van der Waals surface area contributed by atoms with Crippen LogP contribution < -0.4 is 0 Å². The van der Waals surface area contributed by atoms with Gasteiger partial charge in [0, 0.05) is 27.8 Å². The molecule has 0 aliphatic rings. The molecule has 0 bridgehead atoms. The van der Waals surface area contributed by atoms with Gasteiger partial charge in [0.25, 0.3) is 0 Å². The molecule has 0 fully saturated rings. The summed E-state index contributed by atoms with van der Waals surface area (Å²) in [6.07, 6.45) is 3.12. The van der Waals surface area contributed by atoms with Crippen LogP contribution >= 0.6 is 15.9 Å². The van der Waals surface area contributed by atoms with E-state index in [-0.39, 0.29) is 5.92 Å². The van der Waals surface area contributed by atoms with Gasteiger partial charge in [-0.3, -0.25) is 0 Å². The Kier molecular flexibility index (Phi) is 2.80. The minimum absolute atomic E-state index is 0.197. The average Bonchev–Trinajstić information content (AvgIpc) is 2.59. The molecule has 80 valence electrons. The fourth-order valence-electron chi connectivity index (χ4n) is 1.60. The first-order valence-electron chi connectivity index (χ1n) is 4.90. The van der Waals surface area contributed by atoms with Gasteiger partial charge in [0.2, 0.25) is 0 Å². The van der Waals surface area contributed by atoms with E-state index in [1.54, 1.807) is 6.20 Å². The first kappa shape index (κ1) is 10.6. The highest BCUT2D eigenvalue weighted by Crippen LogP contribution is 2.29. The van der Waals surface area contributed by atoms with Crippen LogP contribution in [0.3, 0.4) is 0 Å². The van der Waals surface area contributed by atoms with Crippen molar-refractivity contribution in [2.45, 2.75) is 20.0 Å². The number of nitrogens with zero attached hydrogens (tertiary/aromatic N) is 1. The van der Waals surface area contributed by atoms with Gasteiger partial charge in [-0.2, -0.15) is 0 Å². The van der Waals surface area contributed by atoms with Crippen LogP contribution in [0, 0.1) is 5.92 Å². The molecule has 0 aliphatic carbocycles. The molecule has 3 nitrogen and oxygen atoms in total. The summed E-state index contributed by atoms with van der Waals surface area (Å²) in [6, 6.07) is 1.97. The Morgan fingerprint density at radius 2 is 2.20 bits per heavy atom. The highest BCUT2D eigenvalue weighted by atomic mass is 79.9. The number of nitrogens with one attached hydrogen (secondary N) is 1. The maximum absolute atomic E-state index is 10.0. The van der Waals surface area contributed by atoms with Gasteiger partial charge in [0.05, 0.1) is 6.10 Å². The van der Waals surface area contributed by atoms with E-state index in [0.717, 1.165) is 21.1 Å². The summed E-state index contributed by atoms with van der Waals surface area (Å²) >= 11 is 3.38. The van der Waals surface area contributed by atoms with Crippen molar-refractivity contribution < 1.29 is 5.11 Å². The molecule has 0 amide bonds. The van der Waals surface area contributed by atoms with Crippen molar-refractivity contribution in [3.05, 3.63) is 28.5 Å². The van der Waals surface area contributed by atoms with E-state index < -0.39 is 6.10 Å². The lowest BCUT2D eigenvalue weighted by molar-refractivity contribution is 0.128. The van der Waals surface area contributed by atoms with Crippen LogP contribution in [-0.2, 0) is 0 Å². The summed E-state index contributed by atoms with van der Waals surface area (Å²) in [7, 11) is 0. The number of pyridine rings is 1. The molecule has 0 aromatic carbocycles. The van der Waals surface area contributed by atoms with E-state index in [2.05, 4.69) is 25.9 Å². The molecule has 2 aromatic rings. The number of halogens is 1. The van der Waals surface area contributed by atoms with E-state index in [1.165, 1.54) is 0 Å². The molecule has 2 N–H and O–H groups in total. The van der Waals surface area contributed by atoms with E-state index in [4.69, 9.17) is 0 Å². The van der Waals surface area contributed by atoms with Crippen LogP contribution in [0.25, 0.3) is 11.0 Å². The Labute approximate surface area is 96.7 Å². The van der Waals surface area contributed by atoms with Gasteiger partial charge in [0.15, 0.2) is 0 Å². The number of rotatable bonds is 2. The number of aromatic nitrogens is 2. The summed E-state index contributed by atoms with van der Waals surface area (Å²) in [6.45, 7) is 3.99. The minimum atomic E-state index is -0.449. The first-order chi connectivity index (χ1) is 7.09. The number of fused-ring (bicyclic) bond motifs is 1. The predicted molar refractivity (Wildman–Crippen MR) is 63.6 cm³/mol. The molecule has 15 heavy (non-hydrogen) atoms. The molecule has 1 unspecified atom stereocenters. The molecule has 2 aromatic heterocycles. The third kappa shape index (κ3) is 1.92. The SMILES string of the molecule is CC(C)C(O)c1c[nH]c2ncc(Br)cc12. The van der Waals surface area contributed by atoms with Crippen LogP contribution in [0.5, 0.6) is 0 Å². The predicted octanol–water partition coefficient (Wildman–Crippen LogP) is 3.01. The molecule has 0 aliphatic heterocycles. The van der Waals surface area contributed by atoms with Crippen LogP contribution in [0.15, 0.2) is 22.9 Å². The zero-order valence-corrected chi connectivity index (χ0v) is 10.2. The van der Waals surface area contributed by atoms with Crippen LogP contribution in [0.2, 0.25) is 0 Å². The largest absolute Gasteiger partial charge is 0.388 e. The zero-order chi connectivity index (χ0) is 11.0. The Balaban J connectivity index is 2.56. The smallest absolute Gasteiger partial charge is 0.137 e. The van der Waals surface area contributed by atoms with Crippen molar-refractivity contribution in [3.8, 4) is 0 Å². The van der Waals surface area contributed by atoms with Gasteiger partial charge in [-0.25, -0.2) is 4.98 Å². The van der Waals surface area contributed by atoms with Gasteiger partial charge in [-0.15, -0.1) is 0 Å². The second kappa shape index (κ2) is 3.94. The Morgan fingerprint density at radius 3 is 2.87 bits per heavy atom. The van der Waals surface area contributed by atoms with Crippen LogP contribution in [0.1, 0.15) is 25.5 Å². The van der Waals surface area contributed by atoms with Crippen LogP contribution in [0.4, 0.5) is 0 Å². The lowest BCUT2D eigenvalue weighted by atomic mass is 9.99. The fourth-order valence-corrected chi connectivity index (χ4v) is 1.93. The molecule has 0 saturated carbocycles. The number of hydrogen-bond acceptors (Lipinski definition) is 2. The zero-order valence-electron chi connectivity index (χ0n) is 8.66. The van der Waals surface area contributed by atoms with Gasteiger partial charge in [-0.05, 0) is 27.9 Å². The van der Waals surface area contributed by atoms with Gasteiger partial charge in [0.1, 0.15) is 5.65 Å². The summed E-state index contributed by atoms with van der Waals surface area (Å²) in [4.78, 5) is 7.29. The van der Waals surface area contributed by atoms with Crippen LogP contribution in [-0.4, -0.2) is 15.1 Å². The number of H-pyrrole nitrogens is 1. The normalized spacial score (nSPS) is 13.7. The summed E-state index contributed by atoms with van der Waals surface area (Å²) in [5, 5.41) is 11.0. The molecular weight excluding hydrogens is 256 g/mol. The maximum Gasteiger partial charge on any atom is 0.137 e. The molecule has 0 spiro atoms. The van der Waals surface area contributed by atoms with Crippen molar-refractivity contribution in [2.75, 3.05) is 0 Å².